The number of nitrogens with two attached hydrogens (primary N) is 1. The van der Waals surface area contributed by atoms with E-state index in [0.717, 1.165) is 38.5 Å². The van der Waals surface area contributed by atoms with E-state index in [1.807, 2.05) is 6.08 Å². The minimum atomic E-state index is -4.32. The van der Waals surface area contributed by atoms with Crippen molar-refractivity contribution < 1.29 is 28.4 Å². The molecule has 0 aromatic carbocycles. The van der Waals surface area contributed by atoms with E-state index < -0.39 is 20.0 Å². The van der Waals surface area contributed by atoms with Crippen LogP contribution in [0, 0.1) is 0 Å². The van der Waals surface area contributed by atoms with Crippen molar-refractivity contribution in [1.82, 2.24) is 5.32 Å². The molecule has 3 atom stereocenters. The van der Waals surface area contributed by atoms with Crippen molar-refractivity contribution >= 4 is 13.7 Å². The predicted molar refractivity (Wildman–Crippen MR) is 175 cm³/mol. The number of unbranched alkanes of at least 4 members (excludes halogenated alkanes) is 20. The number of phosphoric acid groups is 1. The zero-order valence-electron chi connectivity index (χ0n) is 27.2. The van der Waals surface area contributed by atoms with E-state index in [4.69, 9.17) is 14.8 Å². The highest BCUT2D eigenvalue weighted by atomic mass is 31.2. The van der Waals surface area contributed by atoms with Gasteiger partial charge < -0.3 is 21.1 Å². The lowest BCUT2D eigenvalue weighted by Crippen LogP contribution is -2.45. The molecule has 5 N–H and O–H groups in total. The van der Waals surface area contributed by atoms with E-state index in [1.165, 1.54) is 103 Å². The van der Waals surface area contributed by atoms with E-state index in [1.54, 1.807) is 6.08 Å². The molecule has 0 saturated carbocycles. The topological polar surface area (TPSA) is 131 Å². The van der Waals surface area contributed by atoms with E-state index in [9.17, 15) is 19.4 Å². The average Bonchev–Trinajstić information content (AvgIpc) is 2.97. The number of phosphoric ester groups is 1. The summed E-state index contributed by atoms with van der Waals surface area (Å²) < 4.78 is 21.9. The van der Waals surface area contributed by atoms with Gasteiger partial charge in [-0.05, 0) is 19.3 Å². The normalized spacial score (nSPS) is 14.7. The maximum Gasteiger partial charge on any atom is 0.472 e. The summed E-state index contributed by atoms with van der Waals surface area (Å²) in [5.41, 5.74) is 5.33. The van der Waals surface area contributed by atoms with Gasteiger partial charge >= 0.3 is 7.82 Å². The molecule has 0 rings (SSSR count). The molecule has 42 heavy (non-hydrogen) atoms. The van der Waals surface area contributed by atoms with Crippen LogP contribution in [0.4, 0.5) is 0 Å². The van der Waals surface area contributed by atoms with Crippen LogP contribution in [-0.2, 0) is 18.4 Å². The van der Waals surface area contributed by atoms with Crippen molar-refractivity contribution in [3.05, 3.63) is 12.2 Å². The molecule has 0 saturated heterocycles. The SMILES string of the molecule is CCCCCCCCC/C=C/C(O)C(COP(=O)(O)OCCN)NC(=O)CCCCCCCCCCCCCCCC. The van der Waals surface area contributed by atoms with Gasteiger partial charge in [-0.3, -0.25) is 13.8 Å². The number of carbonyl (C=O) groups is 1. The van der Waals surface area contributed by atoms with Crippen molar-refractivity contribution in [2.24, 2.45) is 5.73 Å². The molecule has 0 spiro atoms. The Bertz CT molecular complexity index is 679. The first-order chi connectivity index (χ1) is 20.4. The van der Waals surface area contributed by atoms with Gasteiger partial charge in [0.25, 0.3) is 0 Å². The summed E-state index contributed by atoms with van der Waals surface area (Å²) in [6, 6.07) is -0.851. The molecular formula is C33H67N2O6P. The molecule has 0 aliphatic heterocycles. The third kappa shape index (κ3) is 28.0. The molecule has 0 aliphatic carbocycles. The highest BCUT2D eigenvalue weighted by Crippen LogP contribution is 2.43. The van der Waals surface area contributed by atoms with Crippen LogP contribution in [0.2, 0.25) is 0 Å². The number of amides is 1. The number of carbonyl (C=O) groups excluding carboxylic acids is 1. The lowest BCUT2D eigenvalue weighted by molar-refractivity contribution is -0.123. The molecule has 0 radical (unpaired) electrons. The first-order valence-electron chi connectivity index (χ1n) is 17.3. The zero-order chi connectivity index (χ0) is 31.2. The van der Waals surface area contributed by atoms with Crippen molar-refractivity contribution in [2.75, 3.05) is 19.8 Å². The first kappa shape index (κ1) is 41.2. The Morgan fingerprint density at radius 1 is 0.762 bits per heavy atom. The minimum absolute atomic E-state index is 0.0806. The van der Waals surface area contributed by atoms with Crippen molar-refractivity contribution in [3.63, 3.8) is 0 Å². The molecule has 0 aliphatic rings. The smallest absolute Gasteiger partial charge is 0.387 e. The molecule has 1 amide bonds. The standard InChI is InChI=1S/C33H67N2O6P/c1-3-5-7-9-11-13-14-15-16-17-19-21-23-25-27-33(37)35-31(30-41-42(38,39)40-29-28-34)32(36)26-24-22-20-18-12-10-8-6-4-2/h24,26,31-32,36H,3-23,25,27-30,34H2,1-2H3,(H,35,37)(H,38,39)/b26-24+. The number of hydrogen-bond acceptors (Lipinski definition) is 6. The molecule has 0 bridgehead atoms. The van der Waals surface area contributed by atoms with Crippen LogP contribution in [0.25, 0.3) is 0 Å². The average molecular weight is 619 g/mol. The van der Waals surface area contributed by atoms with E-state index in [0.29, 0.717) is 6.42 Å². The molecule has 3 unspecified atom stereocenters. The summed E-state index contributed by atoms with van der Waals surface area (Å²) >= 11 is 0. The van der Waals surface area contributed by atoms with Gasteiger partial charge in [-0.25, -0.2) is 4.57 Å². The van der Waals surface area contributed by atoms with Crippen LogP contribution >= 0.6 is 7.82 Å². The maximum absolute atomic E-state index is 12.6. The predicted octanol–water partition coefficient (Wildman–Crippen LogP) is 8.49. The quantitative estimate of drug-likeness (QED) is 0.0338. The Morgan fingerprint density at radius 2 is 1.21 bits per heavy atom. The van der Waals surface area contributed by atoms with Crippen molar-refractivity contribution in [1.29, 1.82) is 0 Å². The van der Waals surface area contributed by atoms with Gasteiger partial charge in [0.05, 0.1) is 25.4 Å². The maximum atomic E-state index is 12.6. The second-order valence-corrected chi connectivity index (χ2v) is 13.2. The van der Waals surface area contributed by atoms with Gasteiger partial charge in [0.15, 0.2) is 0 Å². The fraction of sp³-hybridized carbons (Fsp3) is 0.909. The second kappa shape index (κ2) is 30.3. The third-order valence-electron chi connectivity index (χ3n) is 7.61. The van der Waals surface area contributed by atoms with Crippen LogP contribution < -0.4 is 11.1 Å². The van der Waals surface area contributed by atoms with Gasteiger partial charge in [0.1, 0.15) is 0 Å². The van der Waals surface area contributed by atoms with Crippen LogP contribution in [0.1, 0.15) is 162 Å². The highest BCUT2D eigenvalue weighted by Gasteiger charge is 2.26. The number of hydrogen-bond donors (Lipinski definition) is 4. The molecule has 9 heteroatoms. The monoisotopic (exact) mass is 618 g/mol. The molecular weight excluding hydrogens is 551 g/mol. The van der Waals surface area contributed by atoms with E-state index in [2.05, 4.69) is 19.2 Å². The lowest BCUT2D eigenvalue weighted by atomic mass is 10.0. The fourth-order valence-electron chi connectivity index (χ4n) is 4.95. The number of aliphatic hydroxyl groups is 1. The Labute approximate surface area is 258 Å². The molecule has 250 valence electrons. The number of rotatable bonds is 32. The molecule has 0 aromatic heterocycles. The Kier molecular flexibility index (Phi) is 29.7. The Hall–Kier alpha value is -0.760. The summed E-state index contributed by atoms with van der Waals surface area (Å²) in [4.78, 5) is 22.5. The summed E-state index contributed by atoms with van der Waals surface area (Å²) in [6.07, 6.45) is 29.7. The summed E-state index contributed by atoms with van der Waals surface area (Å²) in [5, 5.41) is 13.5. The largest absolute Gasteiger partial charge is 0.472 e. The van der Waals surface area contributed by atoms with Crippen LogP contribution in [0.5, 0.6) is 0 Å². The highest BCUT2D eigenvalue weighted by molar-refractivity contribution is 7.47. The molecule has 0 heterocycles. The van der Waals surface area contributed by atoms with Gasteiger partial charge in [-0.15, -0.1) is 0 Å². The number of allylic oxidation sites excluding steroid dienone is 1. The Morgan fingerprint density at radius 3 is 1.69 bits per heavy atom. The molecule has 0 aromatic rings. The van der Waals surface area contributed by atoms with Crippen LogP contribution in [0.15, 0.2) is 12.2 Å². The van der Waals surface area contributed by atoms with Crippen LogP contribution in [0.3, 0.4) is 0 Å². The van der Waals surface area contributed by atoms with Gasteiger partial charge in [0.2, 0.25) is 5.91 Å². The Balaban J connectivity index is 4.31. The van der Waals surface area contributed by atoms with Crippen molar-refractivity contribution in [2.45, 2.75) is 174 Å². The summed E-state index contributed by atoms with van der Waals surface area (Å²) in [6.45, 7) is 4.09. The van der Waals surface area contributed by atoms with Gasteiger partial charge in [-0.2, -0.15) is 0 Å². The number of nitrogens with one attached hydrogen (secondary N) is 1. The third-order valence-corrected chi connectivity index (χ3v) is 8.60. The molecule has 8 nitrogen and oxygen atoms in total. The van der Waals surface area contributed by atoms with Gasteiger partial charge in [-0.1, -0.05) is 148 Å². The molecule has 0 fully saturated rings. The van der Waals surface area contributed by atoms with Crippen molar-refractivity contribution in [3.8, 4) is 0 Å². The second-order valence-electron chi connectivity index (χ2n) is 11.7. The van der Waals surface area contributed by atoms with Gasteiger partial charge in [0, 0.05) is 13.0 Å². The van der Waals surface area contributed by atoms with E-state index in [-0.39, 0.29) is 25.7 Å². The number of aliphatic hydroxyl groups excluding tert-OH is 1. The first-order valence-corrected chi connectivity index (χ1v) is 18.8. The minimum Gasteiger partial charge on any atom is -0.387 e. The summed E-state index contributed by atoms with van der Waals surface area (Å²) in [7, 11) is -4.32. The lowest BCUT2D eigenvalue weighted by Gasteiger charge is -2.23. The zero-order valence-corrected chi connectivity index (χ0v) is 28.1. The fourth-order valence-corrected chi connectivity index (χ4v) is 5.71. The van der Waals surface area contributed by atoms with Crippen LogP contribution in [-0.4, -0.2) is 47.8 Å². The van der Waals surface area contributed by atoms with E-state index >= 15 is 0 Å². The summed E-state index contributed by atoms with van der Waals surface area (Å²) in [5.74, 6) is -0.197.